The fraction of sp³-hybridized carbons (Fsp3) is 0.259. The quantitative estimate of drug-likeness (QED) is 0.144. The summed E-state index contributed by atoms with van der Waals surface area (Å²) in [5, 5.41) is 16.7. The fourth-order valence-corrected chi connectivity index (χ4v) is 5.61. The molecule has 0 fully saturated rings. The maximum absolute atomic E-state index is 12.8. The van der Waals surface area contributed by atoms with Crippen molar-refractivity contribution in [2.45, 2.75) is 42.5 Å². The molecule has 0 saturated heterocycles. The highest BCUT2D eigenvalue weighted by atomic mass is 32.2. The lowest BCUT2D eigenvalue weighted by Gasteiger charge is -2.06. The van der Waals surface area contributed by atoms with Gasteiger partial charge >= 0.3 is 16.9 Å². The van der Waals surface area contributed by atoms with Crippen LogP contribution in [0.3, 0.4) is 0 Å². The van der Waals surface area contributed by atoms with Crippen LogP contribution in [0.2, 0.25) is 0 Å². The first-order valence-corrected chi connectivity index (χ1v) is 13.9. The van der Waals surface area contributed by atoms with E-state index in [0.29, 0.717) is 12.8 Å². The summed E-state index contributed by atoms with van der Waals surface area (Å²) in [5.74, 6) is -0.851. The van der Waals surface area contributed by atoms with Crippen LogP contribution in [0.15, 0.2) is 75.2 Å². The van der Waals surface area contributed by atoms with Gasteiger partial charge in [0.15, 0.2) is 0 Å². The van der Waals surface area contributed by atoms with E-state index in [9.17, 15) is 18.4 Å². The van der Waals surface area contributed by atoms with Crippen molar-refractivity contribution < 1.29 is 32.2 Å². The predicted octanol–water partition coefficient (Wildman–Crippen LogP) is 4.27. The van der Waals surface area contributed by atoms with Crippen molar-refractivity contribution >= 4 is 37.6 Å². The zero-order valence-corrected chi connectivity index (χ0v) is 21.9. The number of nitrogens with zero attached hydrogens (tertiary/aromatic N) is 3. The minimum Gasteiger partial charge on any atom is -0.461 e. The van der Waals surface area contributed by atoms with Gasteiger partial charge in [-0.3, -0.25) is 4.63 Å². The van der Waals surface area contributed by atoms with Crippen LogP contribution in [0.4, 0.5) is 0 Å². The molecule has 0 amide bonds. The number of aromatic amines is 1. The minimum atomic E-state index is -4.15. The predicted molar refractivity (Wildman–Crippen MR) is 140 cm³/mol. The maximum atomic E-state index is 12.8. The van der Waals surface area contributed by atoms with E-state index in [4.69, 9.17) is 9.47 Å². The number of pyridine rings is 1. The molecule has 0 unspecified atom stereocenters. The molecule has 5 aromatic rings. The van der Waals surface area contributed by atoms with Gasteiger partial charge in [0.1, 0.15) is 5.69 Å². The first-order chi connectivity index (χ1) is 18.9. The molecule has 2 aromatic carbocycles. The molecular weight excluding hydrogens is 524 g/mol. The lowest BCUT2D eigenvalue weighted by molar-refractivity contribution is -0.832. The van der Waals surface area contributed by atoms with E-state index >= 15 is 0 Å². The monoisotopic (exact) mass is 550 g/mol. The minimum absolute atomic E-state index is 0.0658. The summed E-state index contributed by atoms with van der Waals surface area (Å²) in [6.45, 7) is 2.23. The van der Waals surface area contributed by atoms with E-state index in [2.05, 4.69) is 19.8 Å². The number of esters is 1. The first kappa shape index (κ1) is 26.2. The molecule has 0 aliphatic carbocycles. The molecule has 0 atom stereocenters. The number of carbonyl (C=O) groups is 1. The zero-order chi connectivity index (χ0) is 27.4. The van der Waals surface area contributed by atoms with Crippen molar-refractivity contribution in [3.05, 3.63) is 77.3 Å². The van der Waals surface area contributed by atoms with Crippen LogP contribution in [-0.2, 0) is 14.6 Å². The van der Waals surface area contributed by atoms with Gasteiger partial charge in [0, 0.05) is 16.3 Å². The number of ether oxygens (including phenoxy) is 2. The average molecular weight is 551 g/mol. The van der Waals surface area contributed by atoms with Gasteiger partial charge in [-0.25, -0.2) is 18.2 Å². The number of aryl methyl sites for hydroxylation is 1. The molecule has 202 valence electrons. The Hall–Kier alpha value is -4.45. The molecule has 11 nitrogen and oxygen atoms in total. The number of sulfone groups is 1. The third-order valence-electron chi connectivity index (χ3n) is 6.25. The number of hydrogen-bond acceptors (Lipinski definition) is 9. The van der Waals surface area contributed by atoms with E-state index in [1.54, 1.807) is 24.3 Å². The SMILES string of the molecule is Cc1nc(C(=O)OCCCCCCOc2no[n+]([O-])c2S(=O)(=O)c2ccccc2)cc2c1[nH]c1ccccc12. The normalized spacial score (nSPS) is 11.7. The number of unbranched alkanes of at least 4 members (excludes halogenated alkanes) is 3. The number of hydrogen-bond donors (Lipinski definition) is 1. The lowest BCUT2D eigenvalue weighted by atomic mass is 10.1. The molecule has 3 heterocycles. The largest absolute Gasteiger partial charge is 0.461 e. The smallest absolute Gasteiger partial charge is 0.414 e. The van der Waals surface area contributed by atoms with Crippen LogP contribution < -0.4 is 9.64 Å². The third kappa shape index (κ3) is 5.41. The zero-order valence-electron chi connectivity index (χ0n) is 21.1. The molecule has 5 rings (SSSR count). The number of carbonyl (C=O) groups excluding carboxylic acids is 1. The molecule has 0 bridgehead atoms. The second kappa shape index (κ2) is 11.1. The summed E-state index contributed by atoms with van der Waals surface area (Å²) in [6.07, 6.45) is 2.69. The Morgan fingerprint density at radius 2 is 1.72 bits per heavy atom. The summed E-state index contributed by atoms with van der Waals surface area (Å²) < 4.78 is 40.9. The van der Waals surface area contributed by atoms with Gasteiger partial charge in [-0.1, -0.05) is 36.4 Å². The fourth-order valence-electron chi connectivity index (χ4n) is 4.32. The van der Waals surface area contributed by atoms with E-state index in [-0.39, 0.29) is 34.6 Å². The van der Waals surface area contributed by atoms with E-state index in [0.717, 1.165) is 40.3 Å². The molecule has 3 aromatic heterocycles. The maximum Gasteiger partial charge on any atom is 0.414 e. The molecule has 0 saturated carbocycles. The topological polar surface area (TPSA) is 151 Å². The summed E-state index contributed by atoms with van der Waals surface area (Å²) in [6, 6.07) is 17.1. The average Bonchev–Trinajstić information content (AvgIpc) is 3.51. The van der Waals surface area contributed by atoms with Crippen molar-refractivity contribution in [3.63, 3.8) is 0 Å². The van der Waals surface area contributed by atoms with Gasteiger partial charge in [0.05, 0.1) is 34.5 Å². The first-order valence-electron chi connectivity index (χ1n) is 12.4. The van der Waals surface area contributed by atoms with Crippen LogP contribution in [0.25, 0.3) is 21.8 Å². The highest BCUT2D eigenvalue weighted by Gasteiger charge is 2.35. The second-order valence-electron chi connectivity index (χ2n) is 8.94. The Morgan fingerprint density at radius 1 is 1.00 bits per heavy atom. The molecule has 39 heavy (non-hydrogen) atoms. The number of H-pyrrole nitrogens is 1. The number of benzene rings is 2. The van der Waals surface area contributed by atoms with Crippen molar-refractivity contribution in [2.24, 2.45) is 0 Å². The van der Waals surface area contributed by atoms with E-state index < -0.39 is 20.8 Å². The molecule has 0 aliphatic rings. The number of rotatable bonds is 11. The summed E-state index contributed by atoms with van der Waals surface area (Å²) in [4.78, 5) is 20.1. The molecule has 1 N–H and O–H groups in total. The van der Waals surface area contributed by atoms with Crippen molar-refractivity contribution in [1.29, 1.82) is 0 Å². The van der Waals surface area contributed by atoms with E-state index in [1.807, 2.05) is 31.2 Å². The van der Waals surface area contributed by atoms with Crippen LogP contribution in [0.1, 0.15) is 41.9 Å². The van der Waals surface area contributed by atoms with Crippen LogP contribution in [-0.4, -0.2) is 42.7 Å². The Kier molecular flexibility index (Phi) is 7.46. The highest BCUT2D eigenvalue weighted by molar-refractivity contribution is 7.91. The number of aromatic nitrogens is 4. The van der Waals surface area contributed by atoms with Crippen molar-refractivity contribution in [3.8, 4) is 5.88 Å². The van der Waals surface area contributed by atoms with Gasteiger partial charge in [0.25, 0.3) is 9.84 Å². The molecule has 0 radical (unpaired) electrons. The molecule has 12 heteroatoms. The highest BCUT2D eigenvalue weighted by Crippen LogP contribution is 2.28. The van der Waals surface area contributed by atoms with Gasteiger partial charge < -0.3 is 19.7 Å². The standard InChI is InChI=1S/C27H26N4O7S/c1-18-24-21(20-13-7-8-14-22(20)29-24)17-23(28-18)27(32)37-16-10-3-2-9-15-36-25-26(31(33)38-30-25)39(34,35)19-11-5-4-6-12-19/h4-8,11-14,17,29H,2-3,9-10,15-16H2,1H3. The third-order valence-corrected chi connectivity index (χ3v) is 7.98. The number of fused-ring (bicyclic) bond motifs is 3. The molecule has 0 aliphatic heterocycles. The summed E-state index contributed by atoms with van der Waals surface area (Å²) >= 11 is 0. The molecular formula is C27H26N4O7S. The number of nitrogens with one attached hydrogen (secondary N) is 1. The summed E-state index contributed by atoms with van der Waals surface area (Å²) in [5.41, 5.74) is 2.87. The molecule has 0 spiro atoms. The number of para-hydroxylation sites is 1. The van der Waals surface area contributed by atoms with Gasteiger partial charge in [-0.05, 0) is 61.8 Å². The summed E-state index contributed by atoms with van der Waals surface area (Å²) in [7, 11) is -4.15. The Bertz CT molecular complexity index is 1730. The Balaban J connectivity index is 1.08. The van der Waals surface area contributed by atoms with Crippen molar-refractivity contribution in [2.75, 3.05) is 13.2 Å². The Labute approximate surface area is 223 Å². The van der Waals surface area contributed by atoms with E-state index in [1.165, 1.54) is 12.1 Å². The lowest BCUT2D eigenvalue weighted by Crippen LogP contribution is -2.30. The van der Waals surface area contributed by atoms with Gasteiger partial charge in [-0.15, -0.1) is 0 Å². The van der Waals surface area contributed by atoms with Gasteiger partial charge in [0.2, 0.25) is 0 Å². The van der Waals surface area contributed by atoms with Crippen molar-refractivity contribution in [1.82, 2.24) is 15.1 Å². The second-order valence-corrected chi connectivity index (χ2v) is 10.8. The Morgan fingerprint density at radius 3 is 2.51 bits per heavy atom. The van der Waals surface area contributed by atoms with Gasteiger partial charge in [-0.2, -0.15) is 0 Å². The van der Waals surface area contributed by atoms with Crippen LogP contribution in [0, 0.1) is 12.1 Å². The van der Waals surface area contributed by atoms with Crippen LogP contribution in [0.5, 0.6) is 5.88 Å². The van der Waals surface area contributed by atoms with Crippen LogP contribution >= 0.6 is 0 Å².